The van der Waals surface area contributed by atoms with Crippen molar-refractivity contribution in [2.45, 2.75) is 6.92 Å². The highest BCUT2D eigenvalue weighted by atomic mass is 16.3. The van der Waals surface area contributed by atoms with Gasteiger partial charge in [0.25, 0.3) is 0 Å². The molecule has 24 heavy (non-hydrogen) atoms. The first-order chi connectivity index (χ1) is 11.6. The number of anilines is 3. The topological polar surface area (TPSA) is 143 Å². The molecule has 4 rings (SSSR count). The Morgan fingerprint density at radius 1 is 1.17 bits per heavy atom. The van der Waals surface area contributed by atoms with Crippen LogP contribution in [0, 0.1) is 6.92 Å². The molecule has 4 aromatic rings. The zero-order valence-corrected chi connectivity index (χ0v) is 12.6. The maximum absolute atomic E-state index is 9.82. The maximum Gasteiger partial charge on any atom is 0.242 e. The van der Waals surface area contributed by atoms with Crippen LogP contribution in [0.3, 0.4) is 0 Å². The van der Waals surface area contributed by atoms with Crippen molar-refractivity contribution in [1.29, 1.82) is 0 Å². The third-order valence-corrected chi connectivity index (χ3v) is 3.34. The molecule has 120 valence electrons. The van der Waals surface area contributed by atoms with Crippen LogP contribution in [0.5, 0.6) is 5.75 Å². The van der Waals surface area contributed by atoms with Crippen molar-refractivity contribution in [3.8, 4) is 11.7 Å². The van der Waals surface area contributed by atoms with Crippen LogP contribution in [0.15, 0.2) is 30.5 Å². The summed E-state index contributed by atoms with van der Waals surface area (Å²) in [7, 11) is 0. The van der Waals surface area contributed by atoms with Crippen LogP contribution >= 0.6 is 0 Å². The van der Waals surface area contributed by atoms with Crippen molar-refractivity contribution in [3.63, 3.8) is 0 Å². The lowest BCUT2D eigenvalue weighted by atomic mass is 10.3. The summed E-state index contributed by atoms with van der Waals surface area (Å²) in [5.41, 5.74) is 7.03. The fraction of sp³-hybridized carbons (Fsp3) is 0.0714. The molecular weight excluding hydrogens is 310 g/mol. The number of nitrogens with two attached hydrogens (primary N) is 1. The average molecular weight is 323 g/mol. The molecule has 0 saturated carbocycles. The van der Waals surface area contributed by atoms with E-state index in [1.807, 2.05) is 0 Å². The second-order valence-electron chi connectivity index (χ2n) is 5.08. The van der Waals surface area contributed by atoms with Crippen molar-refractivity contribution < 1.29 is 5.11 Å². The molecule has 0 aliphatic heterocycles. The van der Waals surface area contributed by atoms with Gasteiger partial charge in [0.15, 0.2) is 0 Å². The van der Waals surface area contributed by atoms with Gasteiger partial charge in [-0.15, -0.1) is 0 Å². The zero-order valence-electron chi connectivity index (χ0n) is 12.6. The van der Waals surface area contributed by atoms with Gasteiger partial charge < -0.3 is 16.2 Å². The smallest absolute Gasteiger partial charge is 0.242 e. The summed E-state index contributed by atoms with van der Waals surface area (Å²) >= 11 is 0. The normalized spacial score (nSPS) is 11.0. The Labute approximate surface area is 135 Å². The number of benzene rings is 1. The Balaban J connectivity index is 1.97. The van der Waals surface area contributed by atoms with E-state index in [4.69, 9.17) is 5.73 Å². The summed E-state index contributed by atoms with van der Waals surface area (Å²) < 4.78 is 1.65. The van der Waals surface area contributed by atoms with Crippen molar-refractivity contribution >= 4 is 28.7 Å². The fourth-order valence-electron chi connectivity index (χ4n) is 2.38. The Morgan fingerprint density at radius 2 is 2.04 bits per heavy atom. The number of aromatic nitrogens is 7. The van der Waals surface area contributed by atoms with Crippen LogP contribution in [0.2, 0.25) is 0 Å². The van der Waals surface area contributed by atoms with Gasteiger partial charge in [0.2, 0.25) is 17.8 Å². The molecular formula is C14H13N9O. The first-order valence-corrected chi connectivity index (χ1v) is 7.06. The summed E-state index contributed by atoms with van der Waals surface area (Å²) in [4.78, 5) is 17.0. The number of nitrogen functional groups attached to an aromatic ring is 1. The van der Waals surface area contributed by atoms with E-state index >= 15 is 0 Å². The van der Waals surface area contributed by atoms with Gasteiger partial charge in [0.1, 0.15) is 17.4 Å². The molecule has 0 aliphatic carbocycles. The first kappa shape index (κ1) is 13.9. The number of phenols is 1. The van der Waals surface area contributed by atoms with Crippen LogP contribution in [-0.4, -0.2) is 39.8 Å². The van der Waals surface area contributed by atoms with E-state index in [9.17, 15) is 5.11 Å². The van der Waals surface area contributed by atoms with Crippen LogP contribution in [0.1, 0.15) is 5.82 Å². The number of nitrogens with zero attached hydrogens (tertiary/aromatic N) is 6. The summed E-state index contributed by atoms with van der Waals surface area (Å²) in [5, 5.41) is 19.6. The molecule has 0 radical (unpaired) electrons. The summed E-state index contributed by atoms with van der Waals surface area (Å²) in [6.07, 6.45) is 1.62. The molecule has 0 atom stereocenters. The number of fused-ring (bicyclic) bond motifs is 1. The molecule has 0 fully saturated rings. The highest BCUT2D eigenvalue weighted by Gasteiger charge is 2.17. The lowest BCUT2D eigenvalue weighted by molar-refractivity contribution is 0.476. The van der Waals surface area contributed by atoms with E-state index in [1.165, 1.54) is 0 Å². The molecule has 5 N–H and O–H groups in total. The van der Waals surface area contributed by atoms with Gasteiger partial charge in [-0.3, -0.25) is 5.10 Å². The highest BCUT2D eigenvalue weighted by molar-refractivity contribution is 5.82. The molecule has 0 spiro atoms. The standard InChI is InChI=1S/C14H13N9O/c1-7-17-12(15)21-13(18-7)23-10-6-8(24)2-3-9(10)19-14(23)20-11-4-5-16-22-11/h2-6,24H,1H3,(H2,15,17,18,21)(H2,16,19,20,22). The second kappa shape index (κ2) is 5.19. The van der Waals surface area contributed by atoms with Crippen molar-refractivity contribution in [1.82, 2.24) is 34.7 Å². The number of hydrogen-bond donors (Lipinski definition) is 4. The fourth-order valence-corrected chi connectivity index (χ4v) is 2.38. The van der Waals surface area contributed by atoms with Crippen LogP contribution in [0.25, 0.3) is 17.0 Å². The Kier molecular flexibility index (Phi) is 3.02. The molecule has 0 unspecified atom stereocenters. The molecule has 0 saturated heterocycles. The van der Waals surface area contributed by atoms with Gasteiger partial charge in [-0.05, 0) is 19.1 Å². The first-order valence-electron chi connectivity index (χ1n) is 7.06. The van der Waals surface area contributed by atoms with Crippen molar-refractivity contribution in [2.24, 2.45) is 0 Å². The van der Waals surface area contributed by atoms with Gasteiger partial charge in [0.05, 0.1) is 17.2 Å². The average Bonchev–Trinajstić information content (AvgIpc) is 3.13. The number of aromatic amines is 1. The minimum atomic E-state index is 0.104. The largest absolute Gasteiger partial charge is 0.508 e. The van der Waals surface area contributed by atoms with Gasteiger partial charge in [-0.1, -0.05) is 0 Å². The molecule has 0 aliphatic rings. The van der Waals surface area contributed by atoms with E-state index in [0.717, 1.165) is 0 Å². The Morgan fingerprint density at radius 3 is 2.79 bits per heavy atom. The molecule has 1 aromatic carbocycles. The van der Waals surface area contributed by atoms with E-state index in [2.05, 4.69) is 35.5 Å². The van der Waals surface area contributed by atoms with E-state index in [-0.39, 0.29) is 11.7 Å². The molecule has 0 bridgehead atoms. The predicted molar refractivity (Wildman–Crippen MR) is 87.1 cm³/mol. The minimum absolute atomic E-state index is 0.104. The molecule has 0 amide bonds. The number of aryl methyl sites for hydroxylation is 1. The van der Waals surface area contributed by atoms with E-state index < -0.39 is 0 Å². The van der Waals surface area contributed by atoms with Gasteiger partial charge >= 0.3 is 0 Å². The number of nitrogens with one attached hydrogen (secondary N) is 2. The predicted octanol–water partition coefficient (Wildman–Crippen LogP) is 1.27. The SMILES string of the molecule is Cc1nc(N)nc(-n2c(Nc3ccn[nH]3)nc3ccc(O)cc32)n1. The number of H-pyrrole nitrogens is 1. The number of aromatic hydroxyl groups is 1. The highest BCUT2D eigenvalue weighted by Crippen LogP contribution is 2.27. The van der Waals surface area contributed by atoms with Crippen LogP contribution < -0.4 is 11.1 Å². The minimum Gasteiger partial charge on any atom is -0.508 e. The van der Waals surface area contributed by atoms with Crippen molar-refractivity contribution in [2.75, 3.05) is 11.1 Å². The van der Waals surface area contributed by atoms with Gasteiger partial charge in [-0.2, -0.15) is 20.1 Å². The van der Waals surface area contributed by atoms with Crippen molar-refractivity contribution in [3.05, 3.63) is 36.3 Å². The van der Waals surface area contributed by atoms with Crippen LogP contribution in [0.4, 0.5) is 17.7 Å². The van der Waals surface area contributed by atoms with E-state index in [0.29, 0.717) is 34.6 Å². The number of phenolic OH excluding ortho intramolecular Hbond substituents is 1. The van der Waals surface area contributed by atoms with E-state index in [1.54, 1.807) is 42.0 Å². The quantitative estimate of drug-likeness (QED) is 0.441. The summed E-state index contributed by atoms with van der Waals surface area (Å²) in [6, 6.07) is 6.60. The Hall–Kier alpha value is -3.69. The van der Waals surface area contributed by atoms with Gasteiger partial charge in [-0.25, -0.2) is 9.55 Å². The number of rotatable bonds is 3. The molecule has 10 nitrogen and oxygen atoms in total. The second-order valence-corrected chi connectivity index (χ2v) is 5.08. The van der Waals surface area contributed by atoms with Crippen LogP contribution in [-0.2, 0) is 0 Å². The van der Waals surface area contributed by atoms with Gasteiger partial charge in [0, 0.05) is 12.1 Å². The molecule has 10 heteroatoms. The lowest BCUT2D eigenvalue weighted by Crippen LogP contribution is -2.10. The zero-order chi connectivity index (χ0) is 16.7. The number of hydrogen-bond acceptors (Lipinski definition) is 8. The molecule has 3 aromatic heterocycles. The summed E-state index contributed by atoms with van der Waals surface area (Å²) in [6.45, 7) is 1.72. The monoisotopic (exact) mass is 323 g/mol. The summed E-state index contributed by atoms with van der Waals surface area (Å²) in [5.74, 6) is 2.09. The third kappa shape index (κ3) is 2.35. The third-order valence-electron chi connectivity index (χ3n) is 3.34. The maximum atomic E-state index is 9.82. The Bertz CT molecular complexity index is 1000. The molecule has 3 heterocycles. The lowest BCUT2D eigenvalue weighted by Gasteiger charge is -2.09. The number of imidazole rings is 1.